The normalized spacial score (nSPS) is 8.62. The van der Waals surface area contributed by atoms with E-state index in [0.29, 0.717) is 17.7 Å². The second kappa shape index (κ2) is 12.6. The molecule has 0 saturated heterocycles. The molecule has 24 heavy (non-hydrogen) atoms. The molecule has 0 saturated carbocycles. The molecule has 0 aliphatic carbocycles. The predicted octanol–water partition coefficient (Wildman–Crippen LogP) is 3.84. The van der Waals surface area contributed by atoms with E-state index in [1.54, 1.807) is 49.4 Å². The number of esters is 1. The van der Waals surface area contributed by atoms with E-state index in [9.17, 15) is 14.4 Å². The van der Waals surface area contributed by atoms with Gasteiger partial charge in [0, 0.05) is 0 Å². The topological polar surface area (TPSA) is 80.7 Å². The third kappa shape index (κ3) is 10.7. The van der Waals surface area contributed by atoms with Crippen LogP contribution >= 0.6 is 0 Å². The van der Waals surface area contributed by atoms with Crippen LogP contribution in [0.3, 0.4) is 0 Å². The zero-order valence-corrected chi connectivity index (χ0v) is 14.1. The van der Waals surface area contributed by atoms with E-state index in [2.05, 4.69) is 0 Å². The third-order valence-corrected chi connectivity index (χ3v) is 2.31. The molecular weight excluding hydrogens is 308 g/mol. The fourth-order valence-electron chi connectivity index (χ4n) is 1.37. The molecule has 2 aromatic carbocycles. The summed E-state index contributed by atoms with van der Waals surface area (Å²) in [5, 5.41) is 8.38. The fourth-order valence-corrected chi connectivity index (χ4v) is 1.37. The SMILES string of the molecule is CC(C)=O.CCOC(=O)c1ccccc1.O=C(O)c1ccccc1. The maximum atomic E-state index is 11.0. The number of ketones is 1. The lowest BCUT2D eigenvalue weighted by Crippen LogP contribution is -2.03. The summed E-state index contributed by atoms with van der Waals surface area (Å²) >= 11 is 0. The van der Waals surface area contributed by atoms with Crippen LogP contribution in [0.1, 0.15) is 41.5 Å². The van der Waals surface area contributed by atoms with Crippen LogP contribution in [-0.4, -0.2) is 29.4 Å². The fraction of sp³-hybridized carbons (Fsp3) is 0.211. The van der Waals surface area contributed by atoms with Gasteiger partial charge in [-0.3, -0.25) is 0 Å². The summed E-state index contributed by atoms with van der Waals surface area (Å²) in [5.74, 6) is -0.969. The van der Waals surface area contributed by atoms with Crippen molar-refractivity contribution in [3.8, 4) is 0 Å². The molecule has 0 aromatic heterocycles. The van der Waals surface area contributed by atoms with Gasteiger partial charge in [-0.2, -0.15) is 0 Å². The van der Waals surface area contributed by atoms with Gasteiger partial charge < -0.3 is 14.6 Å². The summed E-state index contributed by atoms with van der Waals surface area (Å²) in [6.07, 6.45) is 0. The van der Waals surface area contributed by atoms with Crippen LogP contribution in [-0.2, 0) is 9.53 Å². The molecule has 0 atom stereocenters. The Hall–Kier alpha value is -2.95. The molecule has 0 spiro atoms. The lowest BCUT2D eigenvalue weighted by atomic mass is 10.2. The van der Waals surface area contributed by atoms with Crippen molar-refractivity contribution in [1.82, 2.24) is 0 Å². The van der Waals surface area contributed by atoms with E-state index in [0.717, 1.165) is 0 Å². The summed E-state index contributed by atoms with van der Waals surface area (Å²) in [6, 6.07) is 17.3. The van der Waals surface area contributed by atoms with Gasteiger partial charge in [-0.05, 0) is 45.0 Å². The number of ether oxygens (including phenoxy) is 1. The number of carboxylic acid groups (broad SMARTS) is 1. The quantitative estimate of drug-likeness (QED) is 0.865. The summed E-state index contributed by atoms with van der Waals surface area (Å²) in [6.45, 7) is 5.27. The molecule has 2 rings (SSSR count). The van der Waals surface area contributed by atoms with Crippen molar-refractivity contribution in [2.45, 2.75) is 20.8 Å². The number of carboxylic acids is 1. The van der Waals surface area contributed by atoms with Crippen LogP contribution in [0.25, 0.3) is 0 Å². The molecule has 1 N–H and O–H groups in total. The molecule has 0 aliphatic heterocycles. The van der Waals surface area contributed by atoms with Gasteiger partial charge in [0.25, 0.3) is 0 Å². The van der Waals surface area contributed by atoms with Crippen molar-refractivity contribution < 1.29 is 24.2 Å². The second-order valence-corrected chi connectivity index (χ2v) is 4.67. The Kier molecular flexibility index (Phi) is 11.0. The van der Waals surface area contributed by atoms with Crippen LogP contribution in [0.5, 0.6) is 0 Å². The van der Waals surface area contributed by atoms with Crippen LogP contribution < -0.4 is 0 Å². The maximum absolute atomic E-state index is 11.0. The van der Waals surface area contributed by atoms with Crippen LogP contribution in [0, 0.1) is 0 Å². The molecule has 128 valence electrons. The molecule has 0 unspecified atom stereocenters. The van der Waals surface area contributed by atoms with Crippen molar-refractivity contribution in [2.75, 3.05) is 6.61 Å². The Morgan fingerprint density at radius 3 is 1.50 bits per heavy atom. The van der Waals surface area contributed by atoms with Crippen LogP contribution in [0.4, 0.5) is 0 Å². The molecule has 2 aromatic rings. The van der Waals surface area contributed by atoms with Gasteiger partial charge in [0.2, 0.25) is 0 Å². The van der Waals surface area contributed by atoms with E-state index in [4.69, 9.17) is 9.84 Å². The number of carbonyl (C=O) groups is 3. The van der Waals surface area contributed by atoms with Gasteiger partial charge in [0.1, 0.15) is 5.78 Å². The summed E-state index contributed by atoms with van der Waals surface area (Å²) in [5.41, 5.74) is 0.937. The smallest absolute Gasteiger partial charge is 0.338 e. The molecule has 0 fully saturated rings. The summed E-state index contributed by atoms with van der Waals surface area (Å²) in [7, 11) is 0. The molecule has 0 heterocycles. The number of aromatic carboxylic acids is 1. The van der Waals surface area contributed by atoms with Crippen molar-refractivity contribution in [2.24, 2.45) is 0 Å². The first-order valence-corrected chi connectivity index (χ1v) is 7.36. The number of Topliss-reactive ketones (excluding diaryl/α,β-unsaturated/α-hetero) is 1. The monoisotopic (exact) mass is 330 g/mol. The highest BCUT2D eigenvalue weighted by Crippen LogP contribution is 2.00. The first-order chi connectivity index (χ1) is 11.4. The minimum absolute atomic E-state index is 0.167. The van der Waals surface area contributed by atoms with Crippen LogP contribution in [0.15, 0.2) is 60.7 Å². The number of hydrogen-bond acceptors (Lipinski definition) is 4. The summed E-state index contributed by atoms with van der Waals surface area (Å²) < 4.78 is 4.79. The number of rotatable bonds is 3. The first-order valence-electron chi connectivity index (χ1n) is 7.36. The highest BCUT2D eigenvalue weighted by Gasteiger charge is 2.02. The van der Waals surface area contributed by atoms with Crippen LogP contribution in [0.2, 0.25) is 0 Å². The zero-order chi connectivity index (χ0) is 18.4. The molecular formula is C19H22O5. The molecule has 0 aliphatic rings. The first kappa shape index (κ1) is 21.0. The van der Waals surface area contributed by atoms with Crippen molar-refractivity contribution in [3.05, 3.63) is 71.8 Å². The highest BCUT2D eigenvalue weighted by molar-refractivity contribution is 5.89. The number of hydrogen-bond donors (Lipinski definition) is 1. The minimum Gasteiger partial charge on any atom is -0.478 e. The van der Waals surface area contributed by atoms with Gasteiger partial charge in [-0.25, -0.2) is 9.59 Å². The maximum Gasteiger partial charge on any atom is 0.338 e. The molecule has 0 radical (unpaired) electrons. The Bertz CT molecular complexity index is 617. The van der Waals surface area contributed by atoms with E-state index >= 15 is 0 Å². The molecule has 0 amide bonds. The Labute approximate surface area is 141 Å². The third-order valence-electron chi connectivity index (χ3n) is 2.31. The van der Waals surface area contributed by atoms with E-state index in [-0.39, 0.29) is 11.8 Å². The average molecular weight is 330 g/mol. The van der Waals surface area contributed by atoms with E-state index in [1.165, 1.54) is 13.8 Å². The van der Waals surface area contributed by atoms with Gasteiger partial charge in [-0.1, -0.05) is 36.4 Å². The van der Waals surface area contributed by atoms with Gasteiger partial charge >= 0.3 is 11.9 Å². The Morgan fingerprint density at radius 1 is 0.833 bits per heavy atom. The van der Waals surface area contributed by atoms with Gasteiger partial charge in [-0.15, -0.1) is 0 Å². The Morgan fingerprint density at radius 2 is 1.21 bits per heavy atom. The minimum atomic E-state index is -0.879. The molecule has 5 heteroatoms. The summed E-state index contributed by atoms with van der Waals surface area (Å²) in [4.78, 5) is 30.7. The lowest BCUT2D eigenvalue weighted by Gasteiger charge is -1.99. The van der Waals surface area contributed by atoms with Gasteiger partial charge in [0.15, 0.2) is 0 Å². The Balaban J connectivity index is 0.000000367. The average Bonchev–Trinajstić information content (AvgIpc) is 2.57. The second-order valence-electron chi connectivity index (χ2n) is 4.67. The van der Waals surface area contributed by atoms with Crippen molar-refractivity contribution in [3.63, 3.8) is 0 Å². The number of benzene rings is 2. The molecule has 5 nitrogen and oxygen atoms in total. The number of carbonyl (C=O) groups excluding carboxylic acids is 2. The lowest BCUT2D eigenvalue weighted by molar-refractivity contribution is -0.115. The zero-order valence-electron chi connectivity index (χ0n) is 14.1. The van der Waals surface area contributed by atoms with Crippen molar-refractivity contribution >= 4 is 17.7 Å². The largest absolute Gasteiger partial charge is 0.478 e. The van der Waals surface area contributed by atoms with E-state index < -0.39 is 5.97 Å². The van der Waals surface area contributed by atoms with E-state index in [1.807, 2.05) is 18.2 Å². The molecule has 0 bridgehead atoms. The highest BCUT2D eigenvalue weighted by atomic mass is 16.5. The predicted molar refractivity (Wildman–Crippen MR) is 92.2 cm³/mol. The standard InChI is InChI=1S/C9H10O2.C7H6O2.C3H6O/c1-2-11-9(10)8-6-4-3-5-7-8;8-7(9)6-4-2-1-3-5-6;1-3(2)4/h3-7H,2H2,1H3;1-5H,(H,8,9);1-2H3. The van der Waals surface area contributed by atoms with Crippen molar-refractivity contribution in [1.29, 1.82) is 0 Å². The van der Waals surface area contributed by atoms with Gasteiger partial charge in [0.05, 0.1) is 17.7 Å².